The molecule has 3 heteroatoms. The predicted molar refractivity (Wildman–Crippen MR) is 68.5 cm³/mol. The number of methoxy groups -OCH3 is 1. The van der Waals surface area contributed by atoms with Crippen LogP contribution in [-0.2, 0) is 4.74 Å². The predicted octanol–water partition coefficient (Wildman–Crippen LogP) is 1.72. The number of rotatable bonds is 6. The minimum atomic E-state index is 0.498. The SMILES string of the molecule is CCC1CCN(C(CN)C(C)COC)CC1. The maximum Gasteiger partial charge on any atom is 0.0503 e. The van der Waals surface area contributed by atoms with Crippen molar-refractivity contribution >= 4 is 0 Å². The van der Waals surface area contributed by atoms with Gasteiger partial charge in [0.25, 0.3) is 0 Å². The van der Waals surface area contributed by atoms with Crippen LogP contribution in [0.2, 0.25) is 0 Å². The van der Waals surface area contributed by atoms with E-state index >= 15 is 0 Å². The molecule has 0 aromatic carbocycles. The molecule has 0 saturated carbocycles. The highest BCUT2D eigenvalue weighted by molar-refractivity contribution is 4.82. The molecule has 0 radical (unpaired) electrons. The zero-order chi connectivity index (χ0) is 12.0. The fourth-order valence-corrected chi connectivity index (χ4v) is 2.81. The van der Waals surface area contributed by atoms with Crippen LogP contribution < -0.4 is 5.73 Å². The second kappa shape index (κ2) is 7.25. The number of nitrogens with zero attached hydrogens (tertiary/aromatic N) is 1. The quantitative estimate of drug-likeness (QED) is 0.752. The highest BCUT2D eigenvalue weighted by Gasteiger charge is 2.26. The molecule has 2 unspecified atom stereocenters. The molecule has 96 valence electrons. The van der Waals surface area contributed by atoms with Gasteiger partial charge in [0.1, 0.15) is 0 Å². The van der Waals surface area contributed by atoms with E-state index in [1.54, 1.807) is 7.11 Å². The van der Waals surface area contributed by atoms with E-state index in [1.165, 1.54) is 32.4 Å². The number of nitrogens with two attached hydrogens (primary N) is 1. The van der Waals surface area contributed by atoms with Gasteiger partial charge in [-0.05, 0) is 37.8 Å². The molecular weight excluding hydrogens is 200 g/mol. The zero-order valence-corrected chi connectivity index (χ0v) is 11.1. The fraction of sp³-hybridized carbons (Fsp3) is 1.00. The summed E-state index contributed by atoms with van der Waals surface area (Å²) in [6.07, 6.45) is 4.01. The van der Waals surface area contributed by atoms with Crippen LogP contribution >= 0.6 is 0 Å². The molecule has 1 fully saturated rings. The van der Waals surface area contributed by atoms with E-state index in [4.69, 9.17) is 10.5 Å². The van der Waals surface area contributed by atoms with E-state index in [0.717, 1.165) is 19.1 Å². The summed E-state index contributed by atoms with van der Waals surface area (Å²) in [5, 5.41) is 0. The minimum Gasteiger partial charge on any atom is -0.384 e. The standard InChI is InChI=1S/C13H28N2O/c1-4-12-5-7-15(8-6-12)13(9-14)11(2)10-16-3/h11-13H,4-10,14H2,1-3H3. The molecule has 3 nitrogen and oxygen atoms in total. The summed E-state index contributed by atoms with van der Waals surface area (Å²) < 4.78 is 5.24. The second-order valence-electron chi connectivity index (χ2n) is 5.12. The van der Waals surface area contributed by atoms with Crippen molar-refractivity contribution in [1.29, 1.82) is 0 Å². The number of piperidine rings is 1. The van der Waals surface area contributed by atoms with Crippen molar-refractivity contribution in [2.75, 3.05) is 33.4 Å². The molecule has 1 saturated heterocycles. The largest absolute Gasteiger partial charge is 0.384 e. The number of likely N-dealkylation sites (tertiary alicyclic amines) is 1. The van der Waals surface area contributed by atoms with Gasteiger partial charge in [-0.3, -0.25) is 4.90 Å². The van der Waals surface area contributed by atoms with Crippen LogP contribution in [0.4, 0.5) is 0 Å². The molecule has 2 N–H and O–H groups in total. The highest BCUT2D eigenvalue weighted by Crippen LogP contribution is 2.23. The van der Waals surface area contributed by atoms with E-state index in [9.17, 15) is 0 Å². The summed E-state index contributed by atoms with van der Waals surface area (Å²) in [5.74, 6) is 1.47. The Bertz CT molecular complexity index is 179. The first-order chi connectivity index (χ1) is 7.72. The van der Waals surface area contributed by atoms with Gasteiger partial charge in [-0.1, -0.05) is 20.3 Å². The third kappa shape index (κ3) is 3.72. The lowest BCUT2D eigenvalue weighted by Crippen LogP contribution is -2.49. The van der Waals surface area contributed by atoms with E-state index < -0.39 is 0 Å². The Morgan fingerprint density at radius 1 is 1.38 bits per heavy atom. The third-order valence-corrected chi connectivity index (χ3v) is 4.02. The Morgan fingerprint density at radius 2 is 2.00 bits per heavy atom. The first-order valence-corrected chi connectivity index (χ1v) is 6.65. The van der Waals surface area contributed by atoms with Crippen molar-refractivity contribution in [2.45, 2.75) is 39.2 Å². The Balaban J connectivity index is 2.42. The maximum absolute atomic E-state index is 5.90. The summed E-state index contributed by atoms with van der Waals surface area (Å²) in [7, 11) is 1.77. The third-order valence-electron chi connectivity index (χ3n) is 4.02. The van der Waals surface area contributed by atoms with Gasteiger partial charge < -0.3 is 10.5 Å². The van der Waals surface area contributed by atoms with Crippen molar-refractivity contribution in [3.05, 3.63) is 0 Å². The smallest absolute Gasteiger partial charge is 0.0503 e. The van der Waals surface area contributed by atoms with Crippen molar-refractivity contribution in [3.63, 3.8) is 0 Å². The monoisotopic (exact) mass is 228 g/mol. The number of hydrogen-bond acceptors (Lipinski definition) is 3. The van der Waals surface area contributed by atoms with Gasteiger partial charge in [0.05, 0.1) is 6.61 Å². The number of ether oxygens (including phenoxy) is 1. The first-order valence-electron chi connectivity index (χ1n) is 6.65. The molecule has 0 bridgehead atoms. The zero-order valence-electron chi connectivity index (χ0n) is 11.1. The Morgan fingerprint density at radius 3 is 2.44 bits per heavy atom. The van der Waals surface area contributed by atoms with Gasteiger partial charge in [0.2, 0.25) is 0 Å². The average Bonchev–Trinajstić information content (AvgIpc) is 2.31. The molecule has 2 atom stereocenters. The van der Waals surface area contributed by atoms with Crippen molar-refractivity contribution in [2.24, 2.45) is 17.6 Å². The maximum atomic E-state index is 5.90. The van der Waals surface area contributed by atoms with Crippen LogP contribution in [-0.4, -0.2) is 44.3 Å². The van der Waals surface area contributed by atoms with Crippen LogP contribution in [0, 0.1) is 11.8 Å². The molecule has 0 aromatic heterocycles. The number of hydrogen-bond donors (Lipinski definition) is 1. The van der Waals surface area contributed by atoms with E-state index in [-0.39, 0.29) is 0 Å². The Hall–Kier alpha value is -0.120. The van der Waals surface area contributed by atoms with Crippen molar-refractivity contribution < 1.29 is 4.74 Å². The average molecular weight is 228 g/mol. The van der Waals surface area contributed by atoms with E-state index in [0.29, 0.717) is 12.0 Å². The van der Waals surface area contributed by atoms with Gasteiger partial charge in [0.15, 0.2) is 0 Å². The highest BCUT2D eigenvalue weighted by atomic mass is 16.5. The normalized spacial score (nSPS) is 23.2. The van der Waals surface area contributed by atoms with Crippen molar-refractivity contribution in [1.82, 2.24) is 4.90 Å². The van der Waals surface area contributed by atoms with E-state index in [1.807, 2.05) is 0 Å². The lowest BCUT2D eigenvalue weighted by atomic mass is 9.91. The van der Waals surface area contributed by atoms with Crippen molar-refractivity contribution in [3.8, 4) is 0 Å². The first kappa shape index (κ1) is 13.9. The lowest BCUT2D eigenvalue weighted by molar-refractivity contribution is 0.0621. The fourth-order valence-electron chi connectivity index (χ4n) is 2.81. The van der Waals surface area contributed by atoms with Gasteiger partial charge >= 0.3 is 0 Å². The van der Waals surface area contributed by atoms with Crippen LogP contribution in [0.15, 0.2) is 0 Å². The second-order valence-corrected chi connectivity index (χ2v) is 5.12. The molecule has 0 aromatic rings. The van der Waals surface area contributed by atoms with Crippen LogP contribution in [0.1, 0.15) is 33.1 Å². The molecule has 1 aliphatic heterocycles. The minimum absolute atomic E-state index is 0.498. The summed E-state index contributed by atoms with van der Waals surface area (Å²) >= 11 is 0. The van der Waals surface area contributed by atoms with Gasteiger partial charge in [-0.15, -0.1) is 0 Å². The summed E-state index contributed by atoms with van der Waals surface area (Å²) in [6.45, 7) is 8.54. The van der Waals surface area contributed by atoms with E-state index in [2.05, 4.69) is 18.7 Å². The summed E-state index contributed by atoms with van der Waals surface area (Å²) in [4.78, 5) is 2.57. The Labute approximate surface area is 100 Å². The molecule has 1 rings (SSSR count). The molecule has 16 heavy (non-hydrogen) atoms. The summed E-state index contributed by atoms with van der Waals surface area (Å²) in [5.41, 5.74) is 5.90. The van der Waals surface area contributed by atoms with Crippen LogP contribution in [0.5, 0.6) is 0 Å². The molecular formula is C13H28N2O. The molecule has 0 amide bonds. The molecule has 0 spiro atoms. The molecule has 0 aliphatic carbocycles. The van der Waals surface area contributed by atoms with Gasteiger partial charge in [0, 0.05) is 19.7 Å². The van der Waals surface area contributed by atoms with Gasteiger partial charge in [-0.25, -0.2) is 0 Å². The van der Waals surface area contributed by atoms with Crippen LogP contribution in [0.3, 0.4) is 0 Å². The lowest BCUT2D eigenvalue weighted by Gasteiger charge is -2.39. The Kier molecular flexibility index (Phi) is 6.32. The topological polar surface area (TPSA) is 38.5 Å². The summed E-state index contributed by atoms with van der Waals surface area (Å²) in [6, 6.07) is 0.498. The molecule has 1 heterocycles. The van der Waals surface area contributed by atoms with Crippen LogP contribution in [0.25, 0.3) is 0 Å². The molecule has 1 aliphatic rings. The van der Waals surface area contributed by atoms with Gasteiger partial charge in [-0.2, -0.15) is 0 Å².